The molecule has 1 N–H and O–H groups in total. The Bertz CT molecular complexity index is 297. The molecular weight excluding hydrogens is 198 g/mol. The highest BCUT2D eigenvalue weighted by Crippen LogP contribution is 2.29. The fraction of sp³-hybridized carbons (Fsp3) is 0.571. The van der Waals surface area contributed by atoms with Crippen LogP contribution in [-0.4, -0.2) is 30.2 Å². The number of aliphatic hydroxyl groups excluding tert-OH is 1. The first-order valence-corrected chi connectivity index (χ1v) is 5.97. The average Bonchev–Trinajstić information content (AvgIpc) is 2.29. The monoisotopic (exact) mass is 221 g/mol. The van der Waals surface area contributed by atoms with Crippen LogP contribution in [0, 0.1) is 5.92 Å². The van der Waals surface area contributed by atoms with Gasteiger partial charge in [0, 0.05) is 12.0 Å². The zero-order chi connectivity index (χ0) is 12.1. The SMILES string of the molecule is CCC(O)C(C)C(c1ccccc1)N(C)C. The summed E-state index contributed by atoms with van der Waals surface area (Å²) < 4.78 is 0. The molecule has 2 heteroatoms. The molecule has 1 rings (SSSR count). The first kappa shape index (κ1) is 13.2. The van der Waals surface area contributed by atoms with E-state index in [4.69, 9.17) is 0 Å². The first-order chi connectivity index (χ1) is 7.57. The smallest absolute Gasteiger partial charge is 0.0581 e. The summed E-state index contributed by atoms with van der Waals surface area (Å²) in [5, 5.41) is 9.98. The van der Waals surface area contributed by atoms with E-state index in [1.54, 1.807) is 0 Å². The van der Waals surface area contributed by atoms with Gasteiger partial charge in [-0.3, -0.25) is 0 Å². The molecule has 0 aliphatic heterocycles. The van der Waals surface area contributed by atoms with E-state index in [-0.39, 0.29) is 18.1 Å². The molecule has 1 aromatic rings. The lowest BCUT2D eigenvalue weighted by molar-refractivity contribution is 0.0607. The zero-order valence-corrected chi connectivity index (χ0v) is 10.7. The second kappa shape index (κ2) is 6.02. The minimum Gasteiger partial charge on any atom is -0.393 e. The van der Waals surface area contributed by atoms with E-state index in [1.165, 1.54) is 5.56 Å². The van der Waals surface area contributed by atoms with Crippen molar-refractivity contribution in [2.24, 2.45) is 5.92 Å². The van der Waals surface area contributed by atoms with Crippen molar-refractivity contribution in [2.75, 3.05) is 14.1 Å². The van der Waals surface area contributed by atoms with Gasteiger partial charge in [0.1, 0.15) is 0 Å². The number of hydrogen-bond donors (Lipinski definition) is 1. The van der Waals surface area contributed by atoms with Crippen LogP contribution in [-0.2, 0) is 0 Å². The Labute approximate surface area is 98.9 Å². The quantitative estimate of drug-likeness (QED) is 0.826. The fourth-order valence-electron chi connectivity index (χ4n) is 2.30. The molecule has 2 nitrogen and oxygen atoms in total. The third-order valence-corrected chi connectivity index (χ3v) is 3.22. The van der Waals surface area contributed by atoms with Crippen LogP contribution in [0.15, 0.2) is 30.3 Å². The van der Waals surface area contributed by atoms with Crippen molar-refractivity contribution in [1.29, 1.82) is 0 Å². The Hall–Kier alpha value is -0.860. The minimum absolute atomic E-state index is 0.238. The summed E-state index contributed by atoms with van der Waals surface area (Å²) in [5.41, 5.74) is 1.27. The maximum atomic E-state index is 9.98. The molecule has 90 valence electrons. The van der Waals surface area contributed by atoms with E-state index >= 15 is 0 Å². The van der Waals surface area contributed by atoms with Gasteiger partial charge in [0.05, 0.1) is 6.10 Å². The predicted octanol–water partition coefficient (Wildman–Crippen LogP) is 2.70. The van der Waals surface area contributed by atoms with Crippen LogP contribution in [0.2, 0.25) is 0 Å². The number of nitrogens with zero attached hydrogens (tertiary/aromatic N) is 1. The van der Waals surface area contributed by atoms with Crippen LogP contribution in [0.1, 0.15) is 31.9 Å². The van der Waals surface area contributed by atoms with E-state index < -0.39 is 0 Å². The number of benzene rings is 1. The summed E-state index contributed by atoms with van der Waals surface area (Å²) in [6.45, 7) is 4.14. The average molecular weight is 221 g/mol. The lowest BCUT2D eigenvalue weighted by Crippen LogP contribution is -2.32. The molecule has 0 saturated carbocycles. The van der Waals surface area contributed by atoms with Crippen molar-refractivity contribution in [3.8, 4) is 0 Å². The summed E-state index contributed by atoms with van der Waals surface area (Å²) in [6.07, 6.45) is 0.561. The number of aliphatic hydroxyl groups is 1. The summed E-state index contributed by atoms with van der Waals surface area (Å²) in [7, 11) is 4.13. The second-order valence-electron chi connectivity index (χ2n) is 4.65. The van der Waals surface area contributed by atoms with Crippen LogP contribution in [0.5, 0.6) is 0 Å². The van der Waals surface area contributed by atoms with Gasteiger partial charge in [-0.1, -0.05) is 44.2 Å². The Morgan fingerprint density at radius 1 is 1.19 bits per heavy atom. The van der Waals surface area contributed by atoms with Crippen LogP contribution < -0.4 is 0 Å². The molecule has 0 amide bonds. The van der Waals surface area contributed by atoms with Gasteiger partial charge in [-0.2, -0.15) is 0 Å². The van der Waals surface area contributed by atoms with Gasteiger partial charge in [0.2, 0.25) is 0 Å². The number of rotatable bonds is 5. The molecule has 1 aromatic carbocycles. The van der Waals surface area contributed by atoms with E-state index in [2.05, 4.69) is 50.2 Å². The third kappa shape index (κ3) is 3.06. The highest BCUT2D eigenvalue weighted by molar-refractivity contribution is 5.19. The van der Waals surface area contributed by atoms with Crippen LogP contribution in [0.4, 0.5) is 0 Å². The standard InChI is InChI=1S/C14H23NO/c1-5-13(16)11(2)14(15(3)4)12-9-7-6-8-10-12/h6-11,13-14,16H,5H2,1-4H3. The topological polar surface area (TPSA) is 23.5 Å². The van der Waals surface area contributed by atoms with Crippen molar-refractivity contribution in [3.63, 3.8) is 0 Å². The highest BCUT2D eigenvalue weighted by Gasteiger charge is 2.26. The van der Waals surface area contributed by atoms with Gasteiger partial charge < -0.3 is 10.0 Å². The molecule has 0 heterocycles. The Morgan fingerprint density at radius 2 is 1.75 bits per heavy atom. The van der Waals surface area contributed by atoms with E-state index in [9.17, 15) is 5.11 Å². The molecular formula is C14H23NO. The first-order valence-electron chi connectivity index (χ1n) is 5.97. The molecule has 0 aliphatic rings. The molecule has 0 saturated heterocycles. The molecule has 0 spiro atoms. The van der Waals surface area contributed by atoms with Gasteiger partial charge in [0.15, 0.2) is 0 Å². The Kier molecular flexibility index (Phi) is 4.97. The predicted molar refractivity (Wildman–Crippen MR) is 68.3 cm³/mol. The van der Waals surface area contributed by atoms with Crippen molar-refractivity contribution in [1.82, 2.24) is 4.90 Å². The van der Waals surface area contributed by atoms with Crippen LogP contribution >= 0.6 is 0 Å². The molecule has 3 atom stereocenters. The Balaban J connectivity index is 2.92. The number of hydrogen-bond acceptors (Lipinski definition) is 2. The van der Waals surface area contributed by atoms with E-state index in [0.717, 1.165) is 6.42 Å². The lowest BCUT2D eigenvalue weighted by atomic mass is 9.88. The Morgan fingerprint density at radius 3 is 2.19 bits per heavy atom. The third-order valence-electron chi connectivity index (χ3n) is 3.22. The molecule has 0 radical (unpaired) electrons. The van der Waals surface area contributed by atoms with Gasteiger partial charge >= 0.3 is 0 Å². The summed E-state index contributed by atoms with van der Waals surface area (Å²) in [5.74, 6) is 0.238. The molecule has 3 unspecified atom stereocenters. The fourth-order valence-corrected chi connectivity index (χ4v) is 2.30. The molecule has 16 heavy (non-hydrogen) atoms. The van der Waals surface area contributed by atoms with Crippen LogP contribution in [0.3, 0.4) is 0 Å². The summed E-state index contributed by atoms with van der Waals surface area (Å²) >= 11 is 0. The van der Waals surface area contributed by atoms with Crippen LogP contribution in [0.25, 0.3) is 0 Å². The molecule has 0 bridgehead atoms. The van der Waals surface area contributed by atoms with Crippen molar-refractivity contribution < 1.29 is 5.11 Å². The zero-order valence-electron chi connectivity index (χ0n) is 10.7. The minimum atomic E-state index is -0.243. The second-order valence-corrected chi connectivity index (χ2v) is 4.65. The van der Waals surface area contributed by atoms with Gasteiger partial charge in [-0.25, -0.2) is 0 Å². The van der Waals surface area contributed by atoms with E-state index in [1.807, 2.05) is 13.0 Å². The lowest BCUT2D eigenvalue weighted by Gasteiger charge is -2.33. The normalized spacial score (nSPS) is 17.1. The van der Waals surface area contributed by atoms with Gasteiger partial charge in [0.25, 0.3) is 0 Å². The highest BCUT2D eigenvalue weighted by atomic mass is 16.3. The molecule has 0 aromatic heterocycles. The van der Waals surface area contributed by atoms with Crippen molar-refractivity contribution in [3.05, 3.63) is 35.9 Å². The van der Waals surface area contributed by atoms with Gasteiger partial charge in [-0.05, 0) is 26.1 Å². The summed E-state index contributed by atoms with van der Waals surface area (Å²) in [4.78, 5) is 2.18. The molecule has 0 aliphatic carbocycles. The maximum Gasteiger partial charge on any atom is 0.0581 e. The largest absolute Gasteiger partial charge is 0.393 e. The van der Waals surface area contributed by atoms with Crippen molar-refractivity contribution >= 4 is 0 Å². The maximum absolute atomic E-state index is 9.98. The summed E-state index contributed by atoms with van der Waals surface area (Å²) in [6, 6.07) is 10.7. The molecule has 0 fully saturated rings. The van der Waals surface area contributed by atoms with E-state index in [0.29, 0.717) is 0 Å². The van der Waals surface area contributed by atoms with Gasteiger partial charge in [-0.15, -0.1) is 0 Å². The van der Waals surface area contributed by atoms with Crippen molar-refractivity contribution in [2.45, 2.75) is 32.4 Å².